The first-order valence-electron chi connectivity index (χ1n) is 8.01. The Morgan fingerprint density at radius 2 is 1.96 bits per heavy atom. The minimum Gasteiger partial charge on any atom is -0.492 e. The number of benzene rings is 2. The predicted molar refractivity (Wildman–Crippen MR) is 99.2 cm³/mol. The van der Waals surface area contributed by atoms with Crippen molar-refractivity contribution in [3.8, 4) is 5.75 Å². The van der Waals surface area contributed by atoms with Crippen molar-refractivity contribution in [3.63, 3.8) is 0 Å². The highest BCUT2D eigenvalue weighted by molar-refractivity contribution is 6.32. The van der Waals surface area contributed by atoms with E-state index in [4.69, 9.17) is 21.1 Å². The second-order valence-electron chi connectivity index (χ2n) is 5.39. The van der Waals surface area contributed by atoms with E-state index in [1.165, 1.54) is 19.1 Å². The number of anilines is 1. The maximum atomic E-state index is 12.3. The van der Waals surface area contributed by atoms with Crippen LogP contribution >= 0.6 is 11.6 Å². The van der Waals surface area contributed by atoms with Gasteiger partial charge in [0.05, 0.1) is 22.8 Å². The summed E-state index contributed by atoms with van der Waals surface area (Å²) < 4.78 is 10.5. The summed E-state index contributed by atoms with van der Waals surface area (Å²) in [6, 6.07) is 10.3. The van der Waals surface area contributed by atoms with Crippen molar-refractivity contribution >= 4 is 34.9 Å². The average molecular weight is 393 g/mol. The molecule has 0 radical (unpaired) electrons. The number of nitro groups is 1. The zero-order valence-electron chi connectivity index (χ0n) is 14.6. The van der Waals surface area contributed by atoms with Gasteiger partial charge in [-0.25, -0.2) is 4.79 Å². The molecule has 0 heterocycles. The highest BCUT2D eigenvalue weighted by atomic mass is 35.5. The zero-order chi connectivity index (χ0) is 20.0. The van der Waals surface area contributed by atoms with Gasteiger partial charge in [-0.05, 0) is 38.1 Å². The van der Waals surface area contributed by atoms with E-state index in [0.29, 0.717) is 18.0 Å². The Bertz CT molecular complexity index is 871. The number of rotatable bonds is 7. The Kier molecular flexibility index (Phi) is 6.73. The van der Waals surface area contributed by atoms with Crippen LogP contribution in [0, 0.1) is 10.1 Å². The lowest BCUT2D eigenvalue weighted by atomic mass is 10.2. The summed E-state index contributed by atoms with van der Waals surface area (Å²) >= 11 is 5.71. The molecular weight excluding hydrogens is 376 g/mol. The van der Waals surface area contributed by atoms with Crippen molar-refractivity contribution in [3.05, 3.63) is 63.2 Å². The molecule has 0 aliphatic carbocycles. The normalized spacial score (nSPS) is 11.4. The highest BCUT2D eigenvalue weighted by Crippen LogP contribution is 2.26. The molecule has 1 unspecified atom stereocenters. The van der Waals surface area contributed by atoms with Crippen LogP contribution < -0.4 is 10.1 Å². The van der Waals surface area contributed by atoms with Gasteiger partial charge >= 0.3 is 5.97 Å². The van der Waals surface area contributed by atoms with Crippen LogP contribution in [-0.2, 0) is 9.53 Å². The van der Waals surface area contributed by atoms with Gasteiger partial charge in [0.2, 0.25) is 0 Å². The number of hydrogen-bond acceptors (Lipinski definition) is 6. The fourth-order valence-electron chi connectivity index (χ4n) is 2.15. The van der Waals surface area contributed by atoms with Crippen LogP contribution in [0.3, 0.4) is 0 Å². The molecule has 2 aromatic rings. The van der Waals surface area contributed by atoms with Crippen LogP contribution in [-0.4, -0.2) is 29.5 Å². The summed E-state index contributed by atoms with van der Waals surface area (Å²) in [6.07, 6.45) is -1.14. The first kappa shape index (κ1) is 20.2. The van der Waals surface area contributed by atoms with Crippen molar-refractivity contribution in [1.29, 1.82) is 0 Å². The Hall–Kier alpha value is -3.13. The topological polar surface area (TPSA) is 108 Å². The van der Waals surface area contributed by atoms with Gasteiger partial charge in [0.15, 0.2) is 6.10 Å². The lowest BCUT2D eigenvalue weighted by Crippen LogP contribution is -2.30. The van der Waals surface area contributed by atoms with Gasteiger partial charge in [-0.3, -0.25) is 14.9 Å². The predicted octanol–water partition coefficient (Wildman–Crippen LogP) is 3.83. The number of amides is 1. The molecule has 0 saturated heterocycles. The molecule has 0 aliphatic rings. The maximum absolute atomic E-state index is 12.3. The van der Waals surface area contributed by atoms with Gasteiger partial charge in [0.25, 0.3) is 11.6 Å². The minimum absolute atomic E-state index is 0.0829. The highest BCUT2D eigenvalue weighted by Gasteiger charge is 2.22. The molecule has 1 atom stereocenters. The molecule has 0 aliphatic heterocycles. The third-order valence-corrected chi connectivity index (χ3v) is 3.80. The van der Waals surface area contributed by atoms with E-state index in [1.54, 1.807) is 24.3 Å². The van der Waals surface area contributed by atoms with Crippen LogP contribution in [0.25, 0.3) is 0 Å². The fraction of sp³-hybridized carbons (Fsp3) is 0.222. The number of nitro benzene ring substituents is 1. The average Bonchev–Trinajstić information content (AvgIpc) is 2.63. The smallest absolute Gasteiger partial charge is 0.339 e. The summed E-state index contributed by atoms with van der Waals surface area (Å²) in [5.74, 6) is -0.963. The Morgan fingerprint density at radius 1 is 1.26 bits per heavy atom. The zero-order valence-corrected chi connectivity index (χ0v) is 15.4. The van der Waals surface area contributed by atoms with Gasteiger partial charge in [-0.1, -0.05) is 23.7 Å². The number of carbonyl (C=O) groups excluding carboxylic acids is 2. The summed E-state index contributed by atoms with van der Waals surface area (Å²) in [4.78, 5) is 34.7. The molecule has 0 aromatic heterocycles. The monoisotopic (exact) mass is 392 g/mol. The number of nitrogens with one attached hydrogen (secondary N) is 1. The summed E-state index contributed by atoms with van der Waals surface area (Å²) in [7, 11) is 0. The van der Waals surface area contributed by atoms with Crippen molar-refractivity contribution in [2.75, 3.05) is 11.9 Å². The lowest BCUT2D eigenvalue weighted by Gasteiger charge is -2.15. The van der Waals surface area contributed by atoms with E-state index >= 15 is 0 Å². The summed E-state index contributed by atoms with van der Waals surface area (Å²) in [5, 5.41) is 13.4. The molecule has 2 rings (SSSR count). The number of carbonyl (C=O) groups is 2. The molecular formula is C18H17ClN2O6. The molecule has 27 heavy (non-hydrogen) atoms. The van der Waals surface area contributed by atoms with Crippen molar-refractivity contribution in [2.45, 2.75) is 20.0 Å². The van der Waals surface area contributed by atoms with Crippen molar-refractivity contribution in [1.82, 2.24) is 0 Å². The maximum Gasteiger partial charge on any atom is 0.339 e. The summed E-state index contributed by atoms with van der Waals surface area (Å²) in [6.45, 7) is 3.63. The first-order chi connectivity index (χ1) is 12.8. The Balaban J connectivity index is 2.07. The third-order valence-electron chi connectivity index (χ3n) is 3.48. The van der Waals surface area contributed by atoms with Crippen molar-refractivity contribution in [2.24, 2.45) is 0 Å². The van der Waals surface area contributed by atoms with Gasteiger partial charge in [0.1, 0.15) is 10.8 Å². The number of hydrogen-bond donors (Lipinski definition) is 1. The third kappa shape index (κ3) is 5.18. The molecule has 1 N–H and O–H groups in total. The van der Waals surface area contributed by atoms with Crippen LogP contribution in [0.2, 0.25) is 5.02 Å². The molecule has 9 heteroatoms. The molecule has 1 amide bonds. The van der Waals surface area contributed by atoms with Crippen LogP contribution in [0.4, 0.5) is 11.4 Å². The largest absolute Gasteiger partial charge is 0.492 e. The van der Waals surface area contributed by atoms with Crippen molar-refractivity contribution < 1.29 is 24.0 Å². The van der Waals surface area contributed by atoms with Crippen LogP contribution in [0.1, 0.15) is 24.2 Å². The van der Waals surface area contributed by atoms with Gasteiger partial charge in [-0.15, -0.1) is 0 Å². The molecule has 0 fully saturated rings. The Morgan fingerprint density at radius 3 is 2.63 bits per heavy atom. The number of ether oxygens (including phenoxy) is 2. The SMILES string of the molecule is CCOc1ccccc1NC(=O)C(C)OC(=O)c1ccc(Cl)c([N+](=O)[O-])c1. The standard InChI is InChI=1S/C18H17ClN2O6/c1-3-26-16-7-5-4-6-14(16)20-17(22)11(2)27-18(23)12-8-9-13(19)15(10-12)21(24)25/h4-11H,3H2,1-2H3,(H,20,22). The Labute approximate surface area is 160 Å². The first-order valence-corrected chi connectivity index (χ1v) is 8.39. The van der Waals surface area contributed by atoms with E-state index < -0.39 is 28.6 Å². The van der Waals surface area contributed by atoms with E-state index in [1.807, 2.05) is 6.92 Å². The molecule has 8 nitrogen and oxygen atoms in total. The van der Waals surface area contributed by atoms with Gasteiger partial charge in [0, 0.05) is 6.07 Å². The van der Waals surface area contributed by atoms with Crippen LogP contribution in [0.15, 0.2) is 42.5 Å². The number of halogens is 1. The molecule has 0 saturated carbocycles. The number of esters is 1. The summed E-state index contributed by atoms with van der Waals surface area (Å²) in [5.41, 5.74) is -0.0660. The number of para-hydroxylation sites is 2. The molecule has 142 valence electrons. The van der Waals surface area contributed by atoms with E-state index in [2.05, 4.69) is 5.32 Å². The lowest BCUT2D eigenvalue weighted by molar-refractivity contribution is -0.384. The molecule has 2 aromatic carbocycles. The second kappa shape index (κ2) is 9.00. The quantitative estimate of drug-likeness (QED) is 0.436. The molecule has 0 spiro atoms. The minimum atomic E-state index is -1.14. The van der Waals surface area contributed by atoms with E-state index in [0.717, 1.165) is 6.07 Å². The van der Waals surface area contributed by atoms with E-state index in [9.17, 15) is 19.7 Å². The van der Waals surface area contributed by atoms with E-state index in [-0.39, 0.29) is 10.6 Å². The molecule has 0 bridgehead atoms. The fourth-order valence-corrected chi connectivity index (χ4v) is 2.33. The number of nitrogens with zero attached hydrogens (tertiary/aromatic N) is 1. The van der Waals surface area contributed by atoms with Crippen LogP contribution in [0.5, 0.6) is 5.75 Å². The van der Waals surface area contributed by atoms with Gasteiger partial charge in [-0.2, -0.15) is 0 Å². The van der Waals surface area contributed by atoms with Gasteiger partial charge < -0.3 is 14.8 Å². The second-order valence-corrected chi connectivity index (χ2v) is 5.80.